The minimum absolute atomic E-state index is 0.482. The molecule has 4 heteroatoms. The van der Waals surface area contributed by atoms with E-state index in [-0.39, 0.29) is 0 Å². The van der Waals surface area contributed by atoms with Crippen LogP contribution in [0.4, 0.5) is 5.82 Å². The summed E-state index contributed by atoms with van der Waals surface area (Å²) in [5.74, 6) is 0.482. The molecule has 2 aromatic heterocycles. The van der Waals surface area contributed by atoms with Gasteiger partial charge < -0.3 is 10.2 Å². The van der Waals surface area contributed by atoms with E-state index in [1.165, 1.54) is 0 Å². The molecule has 0 aliphatic heterocycles. The largest absolute Gasteiger partial charge is 0.464 e. The third-order valence-electron chi connectivity index (χ3n) is 2.37. The number of fused-ring (bicyclic) bond motifs is 1. The van der Waals surface area contributed by atoms with Crippen LogP contribution in [0.1, 0.15) is 0 Å². The Morgan fingerprint density at radius 1 is 1.27 bits per heavy atom. The Morgan fingerprint density at radius 2 is 2.13 bits per heavy atom. The zero-order valence-corrected chi connectivity index (χ0v) is 7.90. The average molecular weight is 199 g/mol. The molecular formula is C11H9N3O. The van der Waals surface area contributed by atoms with Crippen molar-refractivity contribution in [1.82, 2.24) is 10.2 Å². The molecule has 0 radical (unpaired) electrons. The molecule has 0 saturated heterocycles. The Hall–Kier alpha value is -2.23. The van der Waals surface area contributed by atoms with Crippen molar-refractivity contribution in [1.29, 1.82) is 0 Å². The van der Waals surface area contributed by atoms with Gasteiger partial charge in [-0.1, -0.05) is 18.2 Å². The smallest absolute Gasteiger partial charge is 0.145 e. The van der Waals surface area contributed by atoms with Gasteiger partial charge in [-0.2, -0.15) is 5.10 Å². The van der Waals surface area contributed by atoms with Crippen LogP contribution >= 0.6 is 0 Å². The summed E-state index contributed by atoms with van der Waals surface area (Å²) in [4.78, 5) is 0. The van der Waals surface area contributed by atoms with E-state index in [1.807, 2.05) is 24.3 Å². The van der Waals surface area contributed by atoms with E-state index in [4.69, 9.17) is 10.2 Å². The molecule has 3 aromatic rings. The first kappa shape index (κ1) is 8.11. The normalized spacial score (nSPS) is 10.9. The van der Waals surface area contributed by atoms with E-state index in [2.05, 4.69) is 10.2 Å². The van der Waals surface area contributed by atoms with Crippen LogP contribution in [0.3, 0.4) is 0 Å². The SMILES string of the molecule is Nc1cc(-c2coc3ccccc23)[nH]n1. The summed E-state index contributed by atoms with van der Waals surface area (Å²) < 4.78 is 5.42. The van der Waals surface area contributed by atoms with Crippen LogP contribution in [-0.2, 0) is 0 Å². The van der Waals surface area contributed by atoms with Crippen molar-refractivity contribution in [3.63, 3.8) is 0 Å². The fourth-order valence-electron chi connectivity index (χ4n) is 1.66. The summed E-state index contributed by atoms with van der Waals surface area (Å²) in [6, 6.07) is 9.64. The molecule has 15 heavy (non-hydrogen) atoms. The molecule has 0 amide bonds. The van der Waals surface area contributed by atoms with Crippen LogP contribution < -0.4 is 5.73 Å². The van der Waals surface area contributed by atoms with Crippen molar-refractivity contribution in [3.8, 4) is 11.3 Å². The van der Waals surface area contributed by atoms with Gasteiger partial charge in [-0.15, -0.1) is 0 Å². The van der Waals surface area contributed by atoms with Crippen molar-refractivity contribution in [2.75, 3.05) is 5.73 Å². The van der Waals surface area contributed by atoms with E-state index < -0.39 is 0 Å². The van der Waals surface area contributed by atoms with Crippen LogP contribution in [0.25, 0.3) is 22.2 Å². The average Bonchev–Trinajstić information content (AvgIpc) is 2.83. The highest BCUT2D eigenvalue weighted by Crippen LogP contribution is 2.29. The summed E-state index contributed by atoms with van der Waals surface area (Å²) in [7, 11) is 0. The molecular weight excluding hydrogens is 190 g/mol. The third-order valence-corrected chi connectivity index (χ3v) is 2.37. The number of nitrogens with two attached hydrogens (primary N) is 1. The number of hydrogen-bond donors (Lipinski definition) is 2. The number of nitrogen functional groups attached to an aromatic ring is 1. The molecule has 0 unspecified atom stereocenters. The Morgan fingerprint density at radius 3 is 2.93 bits per heavy atom. The summed E-state index contributed by atoms with van der Waals surface area (Å²) in [6.07, 6.45) is 1.71. The van der Waals surface area contributed by atoms with Crippen molar-refractivity contribution in [2.24, 2.45) is 0 Å². The molecule has 3 rings (SSSR count). The number of aromatic amines is 1. The van der Waals surface area contributed by atoms with Gasteiger partial charge >= 0.3 is 0 Å². The maximum atomic E-state index is 5.56. The quantitative estimate of drug-likeness (QED) is 0.632. The van der Waals surface area contributed by atoms with Crippen LogP contribution in [0.15, 0.2) is 41.0 Å². The summed E-state index contributed by atoms with van der Waals surface area (Å²) in [5.41, 5.74) is 8.27. The fourth-order valence-corrected chi connectivity index (χ4v) is 1.66. The van der Waals surface area contributed by atoms with Gasteiger partial charge in [0, 0.05) is 17.0 Å². The maximum absolute atomic E-state index is 5.56. The minimum atomic E-state index is 0.482. The molecule has 74 valence electrons. The summed E-state index contributed by atoms with van der Waals surface area (Å²) >= 11 is 0. The predicted molar refractivity (Wildman–Crippen MR) is 58.2 cm³/mol. The van der Waals surface area contributed by atoms with E-state index in [9.17, 15) is 0 Å². The van der Waals surface area contributed by atoms with Crippen LogP contribution in [0, 0.1) is 0 Å². The molecule has 0 aliphatic carbocycles. The molecule has 3 N–H and O–H groups in total. The molecule has 0 fully saturated rings. The number of hydrogen-bond acceptors (Lipinski definition) is 3. The molecule has 4 nitrogen and oxygen atoms in total. The number of benzene rings is 1. The number of anilines is 1. The fraction of sp³-hybridized carbons (Fsp3) is 0. The Kier molecular flexibility index (Phi) is 1.56. The monoisotopic (exact) mass is 199 g/mol. The van der Waals surface area contributed by atoms with E-state index in [0.717, 1.165) is 22.2 Å². The van der Waals surface area contributed by atoms with Gasteiger partial charge in [-0.25, -0.2) is 0 Å². The van der Waals surface area contributed by atoms with Crippen molar-refractivity contribution in [3.05, 3.63) is 36.6 Å². The van der Waals surface area contributed by atoms with E-state index in [0.29, 0.717) is 5.82 Å². The number of furan rings is 1. The summed E-state index contributed by atoms with van der Waals surface area (Å²) in [6.45, 7) is 0. The van der Waals surface area contributed by atoms with Crippen molar-refractivity contribution < 1.29 is 4.42 Å². The molecule has 0 bridgehead atoms. The molecule has 0 spiro atoms. The Balaban J connectivity index is 2.27. The van der Waals surface area contributed by atoms with E-state index >= 15 is 0 Å². The lowest BCUT2D eigenvalue weighted by molar-refractivity contribution is 0.617. The van der Waals surface area contributed by atoms with Gasteiger partial charge in [0.15, 0.2) is 0 Å². The lowest BCUT2D eigenvalue weighted by Crippen LogP contribution is -1.81. The molecule has 2 heterocycles. The Labute approximate surface area is 85.7 Å². The van der Waals surface area contributed by atoms with Crippen LogP contribution in [-0.4, -0.2) is 10.2 Å². The number of rotatable bonds is 1. The zero-order valence-electron chi connectivity index (χ0n) is 7.90. The van der Waals surface area contributed by atoms with Crippen molar-refractivity contribution >= 4 is 16.8 Å². The second-order valence-corrected chi connectivity index (χ2v) is 3.35. The lowest BCUT2D eigenvalue weighted by Gasteiger charge is -1.91. The lowest BCUT2D eigenvalue weighted by atomic mass is 10.1. The molecule has 0 aliphatic rings. The first-order valence-corrected chi connectivity index (χ1v) is 4.62. The second kappa shape index (κ2) is 2.88. The first-order valence-electron chi connectivity index (χ1n) is 4.62. The third kappa shape index (κ3) is 1.19. The minimum Gasteiger partial charge on any atom is -0.464 e. The molecule has 0 atom stereocenters. The maximum Gasteiger partial charge on any atom is 0.145 e. The highest BCUT2D eigenvalue weighted by molar-refractivity contribution is 5.93. The number of aromatic nitrogens is 2. The van der Waals surface area contributed by atoms with Crippen molar-refractivity contribution in [2.45, 2.75) is 0 Å². The van der Waals surface area contributed by atoms with Crippen LogP contribution in [0.5, 0.6) is 0 Å². The van der Waals surface area contributed by atoms with E-state index in [1.54, 1.807) is 12.3 Å². The number of para-hydroxylation sites is 1. The highest BCUT2D eigenvalue weighted by Gasteiger charge is 2.08. The number of nitrogens with zero attached hydrogens (tertiary/aromatic N) is 1. The second-order valence-electron chi connectivity index (χ2n) is 3.35. The standard InChI is InChI=1S/C11H9N3O/c12-11-5-9(13-14-11)8-6-15-10-4-2-1-3-7(8)10/h1-6H,(H3,12,13,14). The Bertz CT molecular complexity index is 609. The van der Waals surface area contributed by atoms with Gasteiger partial charge in [0.2, 0.25) is 0 Å². The number of nitrogens with one attached hydrogen (secondary N) is 1. The number of H-pyrrole nitrogens is 1. The van der Waals surface area contributed by atoms with Gasteiger partial charge in [-0.3, -0.25) is 5.10 Å². The van der Waals surface area contributed by atoms with Gasteiger partial charge in [0.05, 0.1) is 5.69 Å². The zero-order chi connectivity index (χ0) is 10.3. The van der Waals surface area contributed by atoms with Gasteiger partial charge in [-0.05, 0) is 6.07 Å². The molecule has 0 saturated carbocycles. The van der Waals surface area contributed by atoms with Gasteiger partial charge in [0.25, 0.3) is 0 Å². The van der Waals surface area contributed by atoms with Gasteiger partial charge in [0.1, 0.15) is 17.7 Å². The summed E-state index contributed by atoms with van der Waals surface area (Å²) in [5, 5.41) is 7.81. The first-order chi connectivity index (χ1) is 7.34. The predicted octanol–water partition coefficient (Wildman–Crippen LogP) is 2.41. The topological polar surface area (TPSA) is 67.8 Å². The molecule has 1 aromatic carbocycles. The highest BCUT2D eigenvalue weighted by atomic mass is 16.3. The van der Waals surface area contributed by atoms with Crippen LogP contribution in [0.2, 0.25) is 0 Å².